The summed E-state index contributed by atoms with van der Waals surface area (Å²) in [6.07, 6.45) is 0.780. The molecule has 14 heavy (non-hydrogen) atoms. The minimum atomic E-state index is -2.76. The Balaban J connectivity index is 3.34. The van der Waals surface area contributed by atoms with E-state index in [4.69, 9.17) is 4.74 Å². The van der Waals surface area contributed by atoms with Gasteiger partial charge in [-0.25, -0.2) is 8.78 Å². The lowest BCUT2D eigenvalue weighted by Crippen LogP contribution is -2.35. The Morgan fingerprint density at radius 1 is 1.36 bits per heavy atom. The Morgan fingerprint density at radius 2 is 2.00 bits per heavy atom. The van der Waals surface area contributed by atoms with Crippen LogP contribution in [-0.2, 0) is 4.74 Å². The molecule has 0 rings (SSSR count). The number of hydrogen-bond donors (Lipinski definition) is 1. The van der Waals surface area contributed by atoms with E-state index in [2.05, 4.69) is 5.32 Å². The van der Waals surface area contributed by atoms with Gasteiger partial charge in [-0.05, 0) is 34.1 Å². The van der Waals surface area contributed by atoms with Crippen molar-refractivity contribution in [3.8, 4) is 0 Å². The van der Waals surface area contributed by atoms with Crippen LogP contribution in [0.5, 0.6) is 0 Å². The molecule has 0 amide bonds. The molecule has 0 atom stereocenters. The minimum Gasteiger partial charge on any atom is -0.375 e. The molecule has 0 aromatic heterocycles. The average molecular weight is 210 g/mol. The van der Waals surface area contributed by atoms with Crippen molar-refractivity contribution in [1.82, 2.24) is 10.2 Å². The predicted octanol–water partition coefficient (Wildman–Crippen LogP) is 0.809. The van der Waals surface area contributed by atoms with E-state index in [1.807, 2.05) is 19.0 Å². The predicted molar refractivity (Wildman–Crippen MR) is 52.9 cm³/mol. The van der Waals surface area contributed by atoms with E-state index in [-0.39, 0.29) is 6.54 Å². The van der Waals surface area contributed by atoms with E-state index in [9.17, 15) is 8.78 Å². The van der Waals surface area contributed by atoms with Crippen LogP contribution in [0.3, 0.4) is 0 Å². The van der Waals surface area contributed by atoms with Gasteiger partial charge in [-0.3, -0.25) is 0 Å². The summed E-state index contributed by atoms with van der Waals surface area (Å²) in [6, 6.07) is 0. The summed E-state index contributed by atoms with van der Waals surface area (Å²) in [4.78, 5) is 2.00. The third-order valence-corrected chi connectivity index (χ3v) is 1.64. The zero-order valence-electron chi connectivity index (χ0n) is 9.15. The number of nitrogens with zero attached hydrogens (tertiary/aromatic N) is 1. The van der Waals surface area contributed by atoms with Gasteiger partial charge < -0.3 is 15.0 Å². The number of rotatable bonds is 8. The maximum Gasteiger partial charge on any atom is 0.283 e. The first-order chi connectivity index (χ1) is 6.48. The fourth-order valence-corrected chi connectivity index (χ4v) is 1.01. The van der Waals surface area contributed by atoms with E-state index in [0.717, 1.165) is 13.0 Å². The lowest BCUT2D eigenvalue weighted by atomic mass is 10.3. The molecule has 0 heterocycles. The van der Waals surface area contributed by atoms with Crippen LogP contribution in [0, 0.1) is 0 Å². The number of nitrogens with one attached hydrogen (secondary N) is 1. The molecule has 0 aliphatic heterocycles. The third kappa shape index (κ3) is 8.34. The normalized spacial score (nSPS) is 12.4. The lowest BCUT2D eigenvalue weighted by molar-refractivity contribution is -0.0743. The van der Waals surface area contributed by atoms with Crippen LogP contribution in [-0.4, -0.2) is 58.3 Å². The molecule has 0 saturated carbocycles. The second-order valence-electron chi connectivity index (χ2n) is 3.60. The van der Waals surface area contributed by atoms with Crippen molar-refractivity contribution >= 4 is 0 Å². The second-order valence-corrected chi connectivity index (χ2v) is 3.60. The molecule has 0 aliphatic rings. The van der Waals surface area contributed by atoms with Gasteiger partial charge in [0.15, 0.2) is 0 Å². The van der Waals surface area contributed by atoms with Crippen molar-refractivity contribution in [2.45, 2.75) is 12.3 Å². The summed E-state index contributed by atoms with van der Waals surface area (Å²) in [5.41, 5.74) is 0. The highest BCUT2D eigenvalue weighted by Gasteiger charge is 2.27. The Labute approximate surface area is 84.4 Å². The number of hydrogen-bond acceptors (Lipinski definition) is 3. The number of halogens is 2. The fraction of sp³-hybridized carbons (Fsp3) is 1.00. The van der Waals surface area contributed by atoms with Gasteiger partial charge in [0.25, 0.3) is 5.92 Å². The van der Waals surface area contributed by atoms with E-state index in [0.29, 0.717) is 6.61 Å². The standard InChI is InChI=1S/C9H20F2N2O/c1-12-7-9(10,11)8-14-6-4-5-13(2)3/h12H,4-8H2,1-3H3. The maximum atomic E-state index is 12.8. The monoisotopic (exact) mass is 210 g/mol. The summed E-state index contributed by atoms with van der Waals surface area (Å²) in [5, 5.41) is 2.43. The van der Waals surface area contributed by atoms with E-state index >= 15 is 0 Å². The molecule has 0 aromatic rings. The van der Waals surface area contributed by atoms with E-state index in [1.54, 1.807) is 0 Å². The molecule has 86 valence electrons. The van der Waals surface area contributed by atoms with Crippen molar-refractivity contribution in [1.29, 1.82) is 0 Å². The van der Waals surface area contributed by atoms with E-state index < -0.39 is 12.5 Å². The van der Waals surface area contributed by atoms with Crippen LogP contribution in [0.25, 0.3) is 0 Å². The highest BCUT2D eigenvalue weighted by molar-refractivity contribution is 4.66. The Hall–Kier alpha value is -0.260. The van der Waals surface area contributed by atoms with Gasteiger partial charge in [-0.1, -0.05) is 0 Å². The van der Waals surface area contributed by atoms with Crippen LogP contribution >= 0.6 is 0 Å². The Morgan fingerprint density at radius 3 is 2.50 bits per heavy atom. The highest BCUT2D eigenvalue weighted by atomic mass is 19.3. The number of ether oxygens (including phenoxy) is 1. The van der Waals surface area contributed by atoms with Crippen LogP contribution in [0.4, 0.5) is 8.78 Å². The molecular formula is C9H20F2N2O. The first-order valence-corrected chi connectivity index (χ1v) is 4.73. The van der Waals surface area contributed by atoms with Crippen LogP contribution < -0.4 is 5.32 Å². The maximum absolute atomic E-state index is 12.8. The summed E-state index contributed by atoms with van der Waals surface area (Å²) in [6.45, 7) is 0.414. The van der Waals surface area contributed by atoms with Crippen LogP contribution in [0.1, 0.15) is 6.42 Å². The van der Waals surface area contributed by atoms with Gasteiger partial charge in [0, 0.05) is 6.61 Å². The molecule has 0 aromatic carbocycles. The Bertz CT molecular complexity index is 143. The van der Waals surface area contributed by atoms with Gasteiger partial charge in [0.2, 0.25) is 0 Å². The van der Waals surface area contributed by atoms with E-state index in [1.165, 1.54) is 7.05 Å². The molecule has 0 unspecified atom stereocenters. The topological polar surface area (TPSA) is 24.5 Å². The zero-order chi connectivity index (χ0) is 11.0. The molecule has 0 aliphatic carbocycles. The average Bonchev–Trinajstić information content (AvgIpc) is 2.02. The first kappa shape index (κ1) is 13.7. The van der Waals surface area contributed by atoms with Crippen molar-refractivity contribution in [2.75, 3.05) is 47.4 Å². The van der Waals surface area contributed by atoms with Gasteiger partial charge in [0.1, 0.15) is 6.61 Å². The van der Waals surface area contributed by atoms with Gasteiger partial charge in [0.05, 0.1) is 6.54 Å². The SMILES string of the molecule is CNCC(F)(F)COCCCN(C)C. The second kappa shape index (κ2) is 7.09. The summed E-state index contributed by atoms with van der Waals surface area (Å²) >= 11 is 0. The van der Waals surface area contributed by atoms with Crippen molar-refractivity contribution in [2.24, 2.45) is 0 Å². The third-order valence-electron chi connectivity index (χ3n) is 1.64. The molecule has 0 spiro atoms. The van der Waals surface area contributed by atoms with Crippen molar-refractivity contribution in [3.63, 3.8) is 0 Å². The van der Waals surface area contributed by atoms with Gasteiger partial charge >= 0.3 is 0 Å². The Kier molecular flexibility index (Phi) is 6.96. The zero-order valence-corrected chi connectivity index (χ0v) is 9.15. The van der Waals surface area contributed by atoms with Crippen LogP contribution in [0.2, 0.25) is 0 Å². The minimum absolute atomic E-state index is 0.333. The van der Waals surface area contributed by atoms with Crippen LogP contribution in [0.15, 0.2) is 0 Å². The molecule has 0 saturated heterocycles. The lowest BCUT2D eigenvalue weighted by Gasteiger charge is -2.16. The van der Waals surface area contributed by atoms with Gasteiger partial charge in [-0.2, -0.15) is 0 Å². The molecule has 0 bridgehead atoms. The molecule has 1 N–H and O–H groups in total. The van der Waals surface area contributed by atoms with Gasteiger partial charge in [-0.15, -0.1) is 0 Å². The molecule has 3 nitrogen and oxygen atoms in total. The number of alkyl halides is 2. The van der Waals surface area contributed by atoms with Crippen molar-refractivity contribution < 1.29 is 13.5 Å². The summed E-state index contributed by atoms with van der Waals surface area (Å²) in [5.74, 6) is -2.76. The molecule has 0 fully saturated rings. The molecular weight excluding hydrogens is 190 g/mol. The fourth-order valence-electron chi connectivity index (χ4n) is 1.01. The smallest absolute Gasteiger partial charge is 0.283 e. The van der Waals surface area contributed by atoms with Crippen molar-refractivity contribution in [3.05, 3.63) is 0 Å². The largest absolute Gasteiger partial charge is 0.375 e. The highest BCUT2D eigenvalue weighted by Crippen LogP contribution is 2.11. The first-order valence-electron chi connectivity index (χ1n) is 4.73. The molecule has 5 heteroatoms. The quantitative estimate of drug-likeness (QED) is 0.600. The summed E-state index contributed by atoms with van der Waals surface area (Å²) in [7, 11) is 5.38. The molecule has 0 radical (unpaired) electrons. The summed E-state index contributed by atoms with van der Waals surface area (Å²) < 4.78 is 30.5.